The summed E-state index contributed by atoms with van der Waals surface area (Å²) in [5.74, 6) is 0.110. The maximum Gasteiger partial charge on any atom is 0.265 e. The molecule has 0 unspecified atom stereocenters. The number of aryl methyl sites for hydroxylation is 1. The zero-order valence-corrected chi connectivity index (χ0v) is 13.3. The lowest BCUT2D eigenvalue weighted by Crippen LogP contribution is -2.25. The normalized spacial score (nSPS) is 10.6. The molecule has 0 aliphatic rings. The minimum absolute atomic E-state index is 0.176. The van der Waals surface area contributed by atoms with E-state index in [2.05, 4.69) is 15.4 Å². The van der Waals surface area contributed by atoms with Gasteiger partial charge in [-0.25, -0.2) is 4.98 Å². The van der Waals surface area contributed by atoms with Gasteiger partial charge in [0.15, 0.2) is 5.13 Å². The molecule has 8 heteroatoms. The van der Waals surface area contributed by atoms with E-state index in [0.717, 1.165) is 23.7 Å². The molecule has 2 heterocycles. The Morgan fingerprint density at radius 1 is 1.57 bits per heavy atom. The molecule has 7 nitrogen and oxygen atoms in total. The summed E-state index contributed by atoms with van der Waals surface area (Å²) in [4.78, 5) is 18.8. The lowest BCUT2D eigenvalue weighted by atomic mass is 10.2. The second-order valence-electron chi connectivity index (χ2n) is 4.75. The van der Waals surface area contributed by atoms with E-state index < -0.39 is 0 Å². The molecule has 0 spiro atoms. The van der Waals surface area contributed by atoms with Gasteiger partial charge >= 0.3 is 0 Å². The van der Waals surface area contributed by atoms with Crippen molar-refractivity contribution in [2.75, 3.05) is 30.8 Å². The van der Waals surface area contributed by atoms with Gasteiger partial charge in [-0.2, -0.15) is 5.10 Å². The minimum atomic E-state index is -0.176. The van der Waals surface area contributed by atoms with Crippen LogP contribution in [0.5, 0.6) is 0 Å². The molecule has 0 fully saturated rings. The number of nitrogens with zero attached hydrogens (tertiary/aromatic N) is 4. The highest BCUT2D eigenvalue weighted by Crippen LogP contribution is 2.27. The van der Waals surface area contributed by atoms with Crippen LogP contribution in [0.15, 0.2) is 12.4 Å². The maximum absolute atomic E-state index is 12.1. The fourth-order valence-electron chi connectivity index (χ4n) is 1.78. The number of carbonyl (C=O) groups excluding carboxylic acids is 1. The van der Waals surface area contributed by atoms with Crippen LogP contribution in [0.3, 0.4) is 0 Å². The average Bonchev–Trinajstić information content (AvgIpc) is 3.04. The third-order valence-electron chi connectivity index (χ3n) is 3.11. The van der Waals surface area contributed by atoms with Gasteiger partial charge in [0.2, 0.25) is 0 Å². The Bertz CT molecular complexity index is 620. The van der Waals surface area contributed by atoms with Gasteiger partial charge in [0.25, 0.3) is 5.91 Å². The summed E-state index contributed by atoms with van der Waals surface area (Å²) in [5, 5.41) is 7.71. The molecule has 2 rings (SSSR count). The highest BCUT2D eigenvalue weighted by Gasteiger charge is 2.17. The van der Waals surface area contributed by atoms with Gasteiger partial charge in [0.1, 0.15) is 10.7 Å². The van der Waals surface area contributed by atoms with Gasteiger partial charge in [-0.3, -0.25) is 9.48 Å². The van der Waals surface area contributed by atoms with E-state index in [1.54, 1.807) is 10.9 Å². The largest absolute Gasteiger partial charge is 0.382 e. The fraction of sp³-hybridized carbons (Fsp3) is 0.462. The molecular formula is C13H20N6OS. The first-order chi connectivity index (χ1) is 10.0. The highest BCUT2D eigenvalue weighted by molar-refractivity contribution is 7.18. The zero-order valence-electron chi connectivity index (χ0n) is 12.5. The summed E-state index contributed by atoms with van der Waals surface area (Å²) in [7, 11) is 3.79. The number of aromatic nitrogens is 3. The Kier molecular flexibility index (Phi) is 4.79. The van der Waals surface area contributed by atoms with Crippen molar-refractivity contribution >= 4 is 28.2 Å². The molecule has 0 atom stereocenters. The van der Waals surface area contributed by atoms with Crippen molar-refractivity contribution < 1.29 is 4.79 Å². The Labute approximate surface area is 127 Å². The summed E-state index contributed by atoms with van der Waals surface area (Å²) < 4.78 is 1.74. The number of nitrogens with two attached hydrogens (primary N) is 1. The van der Waals surface area contributed by atoms with E-state index in [1.807, 2.05) is 32.1 Å². The van der Waals surface area contributed by atoms with Crippen LogP contribution in [0.2, 0.25) is 0 Å². The van der Waals surface area contributed by atoms with Crippen LogP contribution in [0.25, 0.3) is 0 Å². The van der Waals surface area contributed by atoms with Gasteiger partial charge in [-0.1, -0.05) is 11.3 Å². The number of carbonyl (C=O) groups is 1. The van der Waals surface area contributed by atoms with Gasteiger partial charge in [0, 0.05) is 33.4 Å². The maximum atomic E-state index is 12.1. The van der Waals surface area contributed by atoms with Crippen LogP contribution in [0.1, 0.15) is 22.2 Å². The van der Waals surface area contributed by atoms with E-state index in [-0.39, 0.29) is 11.7 Å². The molecule has 2 aromatic heterocycles. The minimum Gasteiger partial charge on any atom is -0.382 e. The van der Waals surface area contributed by atoms with E-state index >= 15 is 0 Å². The predicted molar refractivity (Wildman–Crippen MR) is 84.7 cm³/mol. The molecule has 114 valence electrons. The lowest BCUT2D eigenvalue weighted by molar-refractivity contribution is 0.0959. The van der Waals surface area contributed by atoms with Gasteiger partial charge in [-0.15, -0.1) is 0 Å². The molecule has 0 radical (unpaired) electrons. The standard InChI is InChI=1S/C13H20N6OS/c1-4-18(2)13-17-11(14)10(21-13)12(20)15-6-5-9-7-16-19(3)8-9/h7-8H,4-6,14H2,1-3H3,(H,15,20). The van der Waals surface area contributed by atoms with Crippen molar-refractivity contribution in [3.8, 4) is 0 Å². The quantitative estimate of drug-likeness (QED) is 0.827. The van der Waals surface area contributed by atoms with Crippen LogP contribution < -0.4 is 16.0 Å². The van der Waals surface area contributed by atoms with Crippen molar-refractivity contribution in [3.63, 3.8) is 0 Å². The summed E-state index contributed by atoms with van der Waals surface area (Å²) in [6, 6.07) is 0. The van der Waals surface area contributed by atoms with E-state index in [1.165, 1.54) is 11.3 Å². The van der Waals surface area contributed by atoms with Gasteiger partial charge in [0.05, 0.1) is 6.20 Å². The number of thiazole rings is 1. The smallest absolute Gasteiger partial charge is 0.265 e. The van der Waals surface area contributed by atoms with Crippen molar-refractivity contribution in [3.05, 3.63) is 22.8 Å². The monoisotopic (exact) mass is 308 g/mol. The van der Waals surface area contributed by atoms with Crippen molar-refractivity contribution in [2.24, 2.45) is 7.05 Å². The SMILES string of the molecule is CCN(C)c1nc(N)c(C(=O)NCCc2cnn(C)c2)s1. The molecule has 0 aliphatic carbocycles. The molecule has 0 saturated carbocycles. The Balaban J connectivity index is 1.92. The number of anilines is 2. The number of hydrogen-bond donors (Lipinski definition) is 2. The molecule has 0 saturated heterocycles. The molecule has 0 bridgehead atoms. The third-order valence-corrected chi connectivity index (χ3v) is 4.29. The molecule has 0 aliphatic heterocycles. The van der Waals surface area contributed by atoms with E-state index in [4.69, 9.17) is 5.73 Å². The third kappa shape index (κ3) is 3.72. The molecule has 1 amide bonds. The highest BCUT2D eigenvalue weighted by atomic mass is 32.1. The number of hydrogen-bond acceptors (Lipinski definition) is 6. The first-order valence-corrected chi connectivity index (χ1v) is 7.56. The Hall–Kier alpha value is -2.09. The number of amides is 1. The molecule has 3 N–H and O–H groups in total. The van der Waals surface area contributed by atoms with Crippen LogP contribution in [0.4, 0.5) is 10.9 Å². The number of rotatable bonds is 6. The van der Waals surface area contributed by atoms with Crippen LogP contribution in [0, 0.1) is 0 Å². The topological polar surface area (TPSA) is 89.1 Å². The van der Waals surface area contributed by atoms with Crippen molar-refractivity contribution in [2.45, 2.75) is 13.3 Å². The summed E-state index contributed by atoms with van der Waals surface area (Å²) >= 11 is 1.31. The zero-order chi connectivity index (χ0) is 15.4. The Morgan fingerprint density at radius 3 is 2.95 bits per heavy atom. The second kappa shape index (κ2) is 6.57. The van der Waals surface area contributed by atoms with E-state index in [9.17, 15) is 4.79 Å². The number of nitrogens with one attached hydrogen (secondary N) is 1. The second-order valence-corrected chi connectivity index (χ2v) is 5.73. The summed E-state index contributed by atoms with van der Waals surface area (Å²) in [6.45, 7) is 3.38. The fourth-order valence-corrected chi connectivity index (χ4v) is 2.71. The molecule has 21 heavy (non-hydrogen) atoms. The molecule has 0 aromatic carbocycles. The van der Waals surface area contributed by atoms with E-state index in [0.29, 0.717) is 11.4 Å². The molecule has 2 aromatic rings. The lowest BCUT2D eigenvalue weighted by Gasteiger charge is -2.10. The Morgan fingerprint density at radius 2 is 2.33 bits per heavy atom. The average molecular weight is 308 g/mol. The first-order valence-electron chi connectivity index (χ1n) is 6.74. The summed E-state index contributed by atoms with van der Waals surface area (Å²) in [5.41, 5.74) is 6.90. The molecular weight excluding hydrogens is 288 g/mol. The summed E-state index contributed by atoms with van der Waals surface area (Å²) in [6.07, 6.45) is 4.46. The van der Waals surface area contributed by atoms with Gasteiger partial charge in [-0.05, 0) is 18.9 Å². The van der Waals surface area contributed by atoms with Gasteiger partial charge < -0.3 is 16.0 Å². The van der Waals surface area contributed by atoms with Crippen LogP contribution >= 0.6 is 11.3 Å². The predicted octanol–water partition coefficient (Wildman–Crippen LogP) is 0.887. The number of nitrogen functional groups attached to an aromatic ring is 1. The van der Waals surface area contributed by atoms with Crippen molar-refractivity contribution in [1.82, 2.24) is 20.1 Å². The van der Waals surface area contributed by atoms with Crippen molar-refractivity contribution in [1.29, 1.82) is 0 Å². The van der Waals surface area contributed by atoms with Crippen LogP contribution in [-0.4, -0.2) is 40.8 Å². The van der Waals surface area contributed by atoms with Crippen LogP contribution in [-0.2, 0) is 13.5 Å². The first kappa shape index (κ1) is 15.3.